The van der Waals surface area contributed by atoms with Crippen molar-refractivity contribution in [2.45, 2.75) is 45.1 Å². The van der Waals surface area contributed by atoms with E-state index < -0.39 is 5.92 Å². The van der Waals surface area contributed by atoms with Crippen molar-refractivity contribution in [3.05, 3.63) is 75.4 Å². The Morgan fingerprint density at radius 2 is 1.85 bits per heavy atom. The number of amides is 2. The lowest BCUT2D eigenvalue weighted by Gasteiger charge is -2.37. The third-order valence-electron chi connectivity index (χ3n) is 9.14. The number of nitrogens with one attached hydrogen (secondary N) is 4. The van der Waals surface area contributed by atoms with Gasteiger partial charge in [0.2, 0.25) is 17.8 Å². The average Bonchev–Trinajstić information content (AvgIpc) is 3.36. The van der Waals surface area contributed by atoms with Gasteiger partial charge in [-0.05, 0) is 61.4 Å². The minimum atomic E-state index is -0.431. The van der Waals surface area contributed by atoms with Gasteiger partial charge in [0.25, 0.3) is 5.56 Å². The molecule has 2 fully saturated rings. The number of halogens is 1. The van der Waals surface area contributed by atoms with E-state index in [-0.39, 0.29) is 29.3 Å². The largest absolute Gasteiger partial charge is 0.382 e. The number of carbonyl (C=O) groups is 2. The van der Waals surface area contributed by atoms with Crippen molar-refractivity contribution < 1.29 is 9.59 Å². The molecule has 12 nitrogen and oxygen atoms in total. The molecule has 2 aliphatic rings. The monoisotopic (exact) mass is 639 g/mol. The Morgan fingerprint density at radius 1 is 1.04 bits per heavy atom. The zero-order valence-electron chi connectivity index (χ0n) is 25.7. The summed E-state index contributed by atoms with van der Waals surface area (Å²) < 4.78 is 1.80. The SMILES string of the molecule is Cc1c(=O)[nH]cc2cc(Nc3nc(N4CC[C@@H](Nc5ccc6c(C7CCC(=O)NC7=O)nn(C)c6c5)[C@H](C)C4)ncc3Cl)ccc12. The number of imide groups is 1. The van der Waals surface area contributed by atoms with Crippen molar-refractivity contribution in [2.75, 3.05) is 28.6 Å². The summed E-state index contributed by atoms with van der Waals surface area (Å²) in [5, 5.41) is 17.3. The predicted molar refractivity (Wildman–Crippen MR) is 179 cm³/mol. The van der Waals surface area contributed by atoms with Gasteiger partial charge in [-0.25, -0.2) is 4.98 Å². The highest BCUT2D eigenvalue weighted by atomic mass is 35.5. The second-order valence-corrected chi connectivity index (χ2v) is 12.7. The molecule has 46 heavy (non-hydrogen) atoms. The predicted octanol–water partition coefficient (Wildman–Crippen LogP) is 4.76. The third-order valence-corrected chi connectivity index (χ3v) is 9.42. The van der Waals surface area contributed by atoms with Gasteiger partial charge in [0.1, 0.15) is 5.02 Å². The van der Waals surface area contributed by atoms with Crippen LogP contribution in [-0.2, 0) is 16.6 Å². The number of aryl methyl sites for hydroxylation is 2. The van der Waals surface area contributed by atoms with Gasteiger partial charge in [0.15, 0.2) is 5.82 Å². The van der Waals surface area contributed by atoms with E-state index in [4.69, 9.17) is 16.6 Å². The Bertz CT molecular complexity index is 2070. The van der Waals surface area contributed by atoms with Gasteiger partial charge in [-0.1, -0.05) is 24.6 Å². The van der Waals surface area contributed by atoms with Crippen LogP contribution in [0.2, 0.25) is 5.02 Å². The number of benzene rings is 2. The van der Waals surface area contributed by atoms with Crippen LogP contribution in [0.1, 0.15) is 43.4 Å². The number of aromatic amines is 1. The first-order valence-corrected chi connectivity index (χ1v) is 15.8. The van der Waals surface area contributed by atoms with Crippen LogP contribution in [0.3, 0.4) is 0 Å². The molecular weight excluding hydrogens is 606 g/mol. The Morgan fingerprint density at radius 3 is 2.65 bits per heavy atom. The van der Waals surface area contributed by atoms with E-state index in [0.29, 0.717) is 40.9 Å². The second kappa shape index (κ2) is 11.8. The Hall–Kier alpha value is -4.97. The van der Waals surface area contributed by atoms with Gasteiger partial charge < -0.3 is 20.5 Å². The van der Waals surface area contributed by atoms with Gasteiger partial charge in [-0.3, -0.25) is 24.4 Å². The summed E-state index contributed by atoms with van der Waals surface area (Å²) in [6, 6.07) is 12.1. The summed E-state index contributed by atoms with van der Waals surface area (Å²) in [6.45, 7) is 5.54. The number of nitrogens with zero attached hydrogens (tertiary/aromatic N) is 5. The molecule has 236 valence electrons. The lowest BCUT2D eigenvalue weighted by molar-refractivity contribution is -0.134. The van der Waals surface area contributed by atoms with Gasteiger partial charge in [-0.15, -0.1) is 0 Å². The number of piperidine rings is 2. The van der Waals surface area contributed by atoms with Crippen LogP contribution in [0.5, 0.6) is 0 Å². The highest BCUT2D eigenvalue weighted by molar-refractivity contribution is 6.33. The molecule has 3 atom stereocenters. The average molecular weight is 640 g/mol. The van der Waals surface area contributed by atoms with Gasteiger partial charge in [0.05, 0.1) is 23.3 Å². The highest BCUT2D eigenvalue weighted by Gasteiger charge is 2.32. The number of hydrogen-bond acceptors (Lipinski definition) is 9. The molecule has 5 aromatic rings. The first-order chi connectivity index (χ1) is 22.1. The van der Waals surface area contributed by atoms with E-state index >= 15 is 0 Å². The molecule has 5 heterocycles. The Kier molecular flexibility index (Phi) is 7.59. The zero-order valence-corrected chi connectivity index (χ0v) is 26.5. The summed E-state index contributed by atoms with van der Waals surface area (Å²) >= 11 is 6.50. The van der Waals surface area contributed by atoms with E-state index in [0.717, 1.165) is 52.6 Å². The topological polar surface area (TPSA) is 150 Å². The van der Waals surface area contributed by atoms with Crippen molar-refractivity contribution in [1.29, 1.82) is 0 Å². The van der Waals surface area contributed by atoms with Crippen LogP contribution in [0, 0.1) is 12.8 Å². The molecule has 0 spiro atoms. The number of aromatic nitrogens is 5. The summed E-state index contributed by atoms with van der Waals surface area (Å²) in [7, 11) is 1.88. The van der Waals surface area contributed by atoms with Gasteiger partial charge in [0, 0.05) is 66.5 Å². The maximum atomic E-state index is 12.5. The van der Waals surface area contributed by atoms with E-state index in [1.807, 2.05) is 44.3 Å². The number of hydrogen-bond donors (Lipinski definition) is 4. The van der Waals surface area contributed by atoms with Gasteiger partial charge >= 0.3 is 0 Å². The molecule has 2 aromatic carbocycles. The first-order valence-electron chi connectivity index (χ1n) is 15.4. The van der Waals surface area contributed by atoms with Crippen LogP contribution < -0.4 is 26.4 Å². The summed E-state index contributed by atoms with van der Waals surface area (Å²) in [5.41, 5.74) is 4.00. The van der Waals surface area contributed by atoms with Crippen LogP contribution in [-0.4, -0.2) is 55.7 Å². The molecule has 3 aromatic heterocycles. The van der Waals surface area contributed by atoms with Crippen molar-refractivity contribution in [2.24, 2.45) is 13.0 Å². The van der Waals surface area contributed by atoms with Crippen molar-refractivity contribution in [3.8, 4) is 0 Å². The number of H-pyrrole nitrogens is 1. The molecule has 2 aliphatic heterocycles. The molecule has 4 N–H and O–H groups in total. The van der Waals surface area contributed by atoms with E-state index in [1.165, 1.54) is 0 Å². The quantitative estimate of drug-likeness (QED) is 0.193. The number of anilines is 4. The summed E-state index contributed by atoms with van der Waals surface area (Å²) in [6.07, 6.45) is 4.99. The summed E-state index contributed by atoms with van der Waals surface area (Å²) in [5.74, 6) is 0.464. The minimum absolute atomic E-state index is 0.0972. The maximum absolute atomic E-state index is 12.5. The van der Waals surface area contributed by atoms with Crippen LogP contribution in [0.15, 0.2) is 53.6 Å². The second-order valence-electron chi connectivity index (χ2n) is 12.2. The number of fused-ring (bicyclic) bond motifs is 2. The Balaban J connectivity index is 1.03. The molecule has 2 amide bonds. The highest BCUT2D eigenvalue weighted by Crippen LogP contribution is 2.33. The first kappa shape index (κ1) is 29.7. The fourth-order valence-electron chi connectivity index (χ4n) is 6.55. The van der Waals surface area contributed by atoms with Gasteiger partial charge in [-0.2, -0.15) is 10.1 Å². The van der Waals surface area contributed by atoms with Crippen LogP contribution in [0.4, 0.5) is 23.1 Å². The molecule has 7 rings (SSSR count). The molecule has 2 saturated heterocycles. The maximum Gasteiger partial charge on any atom is 0.251 e. The summed E-state index contributed by atoms with van der Waals surface area (Å²) in [4.78, 5) is 50.4. The number of rotatable bonds is 6. The molecule has 0 radical (unpaired) electrons. The minimum Gasteiger partial charge on any atom is -0.382 e. The molecular formula is C33H34ClN9O3. The van der Waals surface area contributed by atoms with Crippen molar-refractivity contribution in [3.63, 3.8) is 0 Å². The van der Waals surface area contributed by atoms with E-state index in [2.05, 4.69) is 48.9 Å². The lowest BCUT2D eigenvalue weighted by atomic mass is 9.92. The molecule has 0 bridgehead atoms. The fourth-order valence-corrected chi connectivity index (χ4v) is 6.69. The lowest BCUT2D eigenvalue weighted by Crippen LogP contribution is -2.46. The fraction of sp³-hybridized carbons (Fsp3) is 0.333. The van der Waals surface area contributed by atoms with Crippen LogP contribution in [0.25, 0.3) is 21.7 Å². The zero-order chi connectivity index (χ0) is 32.1. The van der Waals surface area contributed by atoms with Crippen LogP contribution >= 0.6 is 11.6 Å². The molecule has 1 unspecified atom stereocenters. The molecule has 0 aliphatic carbocycles. The van der Waals surface area contributed by atoms with E-state index in [9.17, 15) is 14.4 Å². The van der Waals surface area contributed by atoms with Crippen molar-refractivity contribution in [1.82, 2.24) is 30.0 Å². The molecule has 0 saturated carbocycles. The smallest absolute Gasteiger partial charge is 0.251 e. The Labute approximate surface area is 269 Å². The normalized spacial score (nSPS) is 20.3. The number of pyridine rings is 1. The molecule has 13 heteroatoms. The third kappa shape index (κ3) is 5.53. The van der Waals surface area contributed by atoms with Crippen molar-refractivity contribution >= 4 is 68.2 Å². The van der Waals surface area contributed by atoms with E-state index in [1.54, 1.807) is 17.1 Å². The number of carbonyl (C=O) groups excluding carboxylic acids is 2. The standard InChI is InChI=1S/C33H34ClN9O3/c1-17-16-43(33-36-15-25(34)30(40-33)38-20-4-6-22-18(2)31(45)35-14-19(22)12-20)11-10-26(17)37-21-5-7-23-27(13-21)42(3)41-29(23)24-8-9-28(44)39-32(24)46/h4-7,12-15,17,24,26,37H,8-11,16H2,1-3H3,(H,35,45)(H,36,38,40)(H,39,44,46)/t17-,24?,26-/m1/s1.